The number of rotatable bonds is 10. The number of nitrogens with two attached hydrogens (primary N) is 4. The molecule has 0 radical (unpaired) electrons. The minimum Gasteiger partial charge on any atom is -0.493 e. The molecular weight excluding hydrogens is 372 g/mol. The van der Waals surface area contributed by atoms with Crippen molar-refractivity contribution in [2.45, 2.75) is 6.42 Å². The molecule has 0 fully saturated rings. The Morgan fingerprint density at radius 2 is 1.03 bits per heavy atom. The van der Waals surface area contributed by atoms with Gasteiger partial charge in [-0.2, -0.15) is 10.2 Å². The van der Waals surface area contributed by atoms with Crippen LogP contribution in [0.4, 0.5) is 0 Å². The zero-order chi connectivity index (χ0) is 20.9. The van der Waals surface area contributed by atoms with Crippen LogP contribution in [-0.4, -0.2) is 37.6 Å². The summed E-state index contributed by atoms with van der Waals surface area (Å²) in [7, 11) is 0. The normalized spacial score (nSPS) is 10.8. The van der Waals surface area contributed by atoms with Crippen molar-refractivity contribution in [3.05, 3.63) is 59.7 Å². The van der Waals surface area contributed by atoms with Gasteiger partial charge in [0.25, 0.3) is 0 Å². The monoisotopic (exact) mass is 396 g/mol. The second kappa shape index (κ2) is 11.6. The Morgan fingerprint density at radius 1 is 0.655 bits per heavy atom. The fourth-order valence-corrected chi connectivity index (χ4v) is 2.06. The fraction of sp³-hybridized carbons (Fsp3) is 0.158. The summed E-state index contributed by atoms with van der Waals surface area (Å²) in [5.74, 6) is 1.34. The molecule has 0 unspecified atom stereocenters. The zero-order valence-electron chi connectivity index (χ0n) is 15.8. The lowest BCUT2D eigenvalue weighted by Crippen LogP contribution is -2.21. The van der Waals surface area contributed by atoms with Crippen molar-refractivity contribution < 1.29 is 9.47 Å². The van der Waals surface area contributed by atoms with E-state index in [4.69, 9.17) is 32.4 Å². The second-order valence-corrected chi connectivity index (χ2v) is 5.73. The SMILES string of the molecule is NC(N)=N/N=C/c1ccc(OCCCOc2ccc(/C=N/N=C(N)N)cc2)cc1. The number of hydrogen-bond acceptors (Lipinski definition) is 6. The van der Waals surface area contributed by atoms with Gasteiger partial charge >= 0.3 is 0 Å². The smallest absolute Gasteiger partial charge is 0.211 e. The predicted octanol–water partition coefficient (Wildman–Crippen LogP) is 0.749. The van der Waals surface area contributed by atoms with Crippen molar-refractivity contribution in [3.8, 4) is 11.5 Å². The molecule has 8 N–H and O–H groups in total. The molecule has 0 aromatic heterocycles. The van der Waals surface area contributed by atoms with E-state index in [1.54, 1.807) is 12.4 Å². The maximum atomic E-state index is 5.68. The van der Waals surface area contributed by atoms with Crippen molar-refractivity contribution in [1.29, 1.82) is 0 Å². The van der Waals surface area contributed by atoms with Crippen LogP contribution in [-0.2, 0) is 0 Å². The van der Waals surface area contributed by atoms with E-state index in [1.807, 2.05) is 48.5 Å². The summed E-state index contributed by atoms with van der Waals surface area (Å²) >= 11 is 0. The topological polar surface area (TPSA) is 172 Å². The number of guanidine groups is 2. The molecule has 0 spiro atoms. The third kappa shape index (κ3) is 8.91. The first-order chi connectivity index (χ1) is 14.0. The van der Waals surface area contributed by atoms with Gasteiger partial charge in [0.15, 0.2) is 0 Å². The lowest BCUT2D eigenvalue weighted by Gasteiger charge is -2.08. The molecule has 29 heavy (non-hydrogen) atoms. The highest BCUT2D eigenvalue weighted by Gasteiger charge is 1.97. The lowest BCUT2D eigenvalue weighted by molar-refractivity contribution is 0.247. The summed E-state index contributed by atoms with van der Waals surface area (Å²) in [6, 6.07) is 14.8. The highest BCUT2D eigenvalue weighted by molar-refractivity contribution is 5.82. The molecule has 0 aliphatic carbocycles. The highest BCUT2D eigenvalue weighted by atomic mass is 16.5. The number of ether oxygens (including phenoxy) is 2. The summed E-state index contributed by atoms with van der Waals surface area (Å²) in [6.45, 7) is 1.06. The fourth-order valence-electron chi connectivity index (χ4n) is 2.06. The van der Waals surface area contributed by atoms with Crippen LogP contribution in [0.15, 0.2) is 68.9 Å². The van der Waals surface area contributed by atoms with E-state index in [0.29, 0.717) is 13.2 Å². The van der Waals surface area contributed by atoms with Gasteiger partial charge < -0.3 is 32.4 Å². The zero-order valence-corrected chi connectivity index (χ0v) is 15.8. The van der Waals surface area contributed by atoms with E-state index in [2.05, 4.69) is 20.4 Å². The number of benzene rings is 2. The molecule has 0 saturated heterocycles. The van der Waals surface area contributed by atoms with Crippen molar-refractivity contribution in [2.75, 3.05) is 13.2 Å². The van der Waals surface area contributed by atoms with Gasteiger partial charge in [0, 0.05) is 6.42 Å². The molecule has 0 bridgehead atoms. The van der Waals surface area contributed by atoms with Crippen LogP contribution in [0.25, 0.3) is 0 Å². The molecule has 10 heteroatoms. The Morgan fingerprint density at radius 3 is 1.38 bits per heavy atom. The minimum absolute atomic E-state index is 0.0870. The minimum atomic E-state index is -0.0870. The van der Waals surface area contributed by atoms with Crippen LogP contribution in [0, 0.1) is 0 Å². The Balaban J connectivity index is 1.68. The Labute approximate surface area is 168 Å². The van der Waals surface area contributed by atoms with Crippen LogP contribution in [0.5, 0.6) is 11.5 Å². The van der Waals surface area contributed by atoms with Crippen molar-refractivity contribution in [3.63, 3.8) is 0 Å². The maximum Gasteiger partial charge on any atom is 0.211 e. The van der Waals surface area contributed by atoms with E-state index in [9.17, 15) is 0 Å². The summed E-state index contributed by atoms with van der Waals surface area (Å²) in [5, 5.41) is 14.6. The van der Waals surface area contributed by atoms with Gasteiger partial charge in [0.2, 0.25) is 11.9 Å². The molecule has 0 heterocycles. The molecule has 0 aliphatic heterocycles. The average molecular weight is 396 g/mol. The summed E-state index contributed by atoms with van der Waals surface area (Å²) in [6.07, 6.45) is 3.84. The molecule has 152 valence electrons. The first-order valence-electron chi connectivity index (χ1n) is 8.72. The third-order valence-corrected chi connectivity index (χ3v) is 3.35. The van der Waals surface area contributed by atoms with Crippen LogP contribution in [0.1, 0.15) is 17.5 Å². The van der Waals surface area contributed by atoms with E-state index in [-0.39, 0.29) is 11.9 Å². The molecule has 10 nitrogen and oxygen atoms in total. The largest absolute Gasteiger partial charge is 0.493 e. The molecule has 0 saturated carbocycles. The van der Waals surface area contributed by atoms with E-state index < -0.39 is 0 Å². The number of hydrogen-bond donors (Lipinski definition) is 4. The van der Waals surface area contributed by atoms with Crippen LogP contribution >= 0.6 is 0 Å². The van der Waals surface area contributed by atoms with Crippen LogP contribution in [0.3, 0.4) is 0 Å². The Hall–Kier alpha value is -4.08. The quantitative estimate of drug-likeness (QED) is 0.200. The molecule has 0 amide bonds. The van der Waals surface area contributed by atoms with E-state index >= 15 is 0 Å². The number of nitrogens with zero attached hydrogens (tertiary/aromatic N) is 4. The van der Waals surface area contributed by atoms with Crippen molar-refractivity contribution >= 4 is 24.3 Å². The highest BCUT2D eigenvalue weighted by Crippen LogP contribution is 2.13. The van der Waals surface area contributed by atoms with Crippen LogP contribution in [0.2, 0.25) is 0 Å². The summed E-state index contributed by atoms with van der Waals surface area (Å²) in [4.78, 5) is 0. The molecular formula is C19H24N8O2. The predicted molar refractivity (Wildman–Crippen MR) is 115 cm³/mol. The summed E-state index contributed by atoms with van der Waals surface area (Å²) < 4.78 is 11.4. The van der Waals surface area contributed by atoms with Gasteiger partial charge in [-0.25, -0.2) is 0 Å². The standard InChI is InChI=1S/C19H24N8O2/c20-18(21)26-24-12-14-2-6-16(7-3-14)28-10-1-11-29-17-8-4-15(5-9-17)13-25-27-19(22)23/h2-9,12-13H,1,10-11H2,(H4,20,21,26)(H4,22,23,27)/b24-12+,25-13+. The molecule has 2 rings (SSSR count). The van der Waals surface area contributed by atoms with E-state index in [1.165, 1.54) is 0 Å². The maximum absolute atomic E-state index is 5.68. The second-order valence-electron chi connectivity index (χ2n) is 5.73. The van der Waals surface area contributed by atoms with Gasteiger partial charge in [0.05, 0.1) is 25.6 Å². The van der Waals surface area contributed by atoms with Crippen molar-refractivity contribution in [1.82, 2.24) is 0 Å². The Kier molecular flexibility index (Phi) is 8.49. The van der Waals surface area contributed by atoms with Gasteiger partial charge in [-0.15, -0.1) is 10.2 Å². The van der Waals surface area contributed by atoms with Gasteiger partial charge in [-0.05, 0) is 59.7 Å². The van der Waals surface area contributed by atoms with Gasteiger partial charge in [-0.1, -0.05) is 0 Å². The first kappa shape index (κ1) is 21.2. The third-order valence-electron chi connectivity index (χ3n) is 3.35. The molecule has 0 aliphatic rings. The molecule has 2 aromatic carbocycles. The van der Waals surface area contributed by atoms with Crippen LogP contribution < -0.4 is 32.4 Å². The molecule has 0 atom stereocenters. The molecule has 2 aromatic rings. The Bertz CT molecular complexity index is 793. The lowest BCUT2D eigenvalue weighted by atomic mass is 10.2. The average Bonchev–Trinajstić information content (AvgIpc) is 2.69. The van der Waals surface area contributed by atoms with E-state index in [0.717, 1.165) is 29.0 Å². The summed E-state index contributed by atoms with van der Waals surface area (Å²) in [5.41, 5.74) is 22.5. The van der Waals surface area contributed by atoms with Gasteiger partial charge in [-0.3, -0.25) is 0 Å². The first-order valence-corrected chi connectivity index (χ1v) is 8.72. The van der Waals surface area contributed by atoms with Gasteiger partial charge in [0.1, 0.15) is 11.5 Å². The van der Waals surface area contributed by atoms with Crippen molar-refractivity contribution in [2.24, 2.45) is 43.3 Å².